The number of ether oxygens (including phenoxy) is 1. The topological polar surface area (TPSA) is 43.2 Å². The van der Waals surface area contributed by atoms with E-state index in [1.54, 1.807) is 11.3 Å². The van der Waals surface area contributed by atoms with Gasteiger partial charge in [-0.05, 0) is 27.8 Å². The van der Waals surface area contributed by atoms with Crippen LogP contribution >= 0.6 is 11.3 Å². The Kier molecular flexibility index (Phi) is 5.90. The van der Waals surface area contributed by atoms with Gasteiger partial charge < -0.3 is 4.74 Å². The summed E-state index contributed by atoms with van der Waals surface area (Å²) < 4.78 is 7.53. The first-order chi connectivity index (χ1) is 10.1. The lowest BCUT2D eigenvalue weighted by Gasteiger charge is -2.14. The zero-order valence-electron chi connectivity index (χ0n) is 13.2. The van der Waals surface area contributed by atoms with Crippen molar-refractivity contribution >= 4 is 11.3 Å². The molecule has 0 spiro atoms. The van der Waals surface area contributed by atoms with E-state index in [1.165, 1.54) is 5.56 Å². The Morgan fingerprint density at radius 2 is 2.19 bits per heavy atom. The lowest BCUT2D eigenvalue weighted by atomic mass is 10.3. The maximum Gasteiger partial charge on any atom is 0.122 e. The summed E-state index contributed by atoms with van der Waals surface area (Å²) in [5, 5.41) is 7.48. The Bertz CT molecular complexity index is 551. The SMILES string of the molecule is CCOC(C)c1nc(CN(C)Cc2cnn(CC)c2)cs1. The summed E-state index contributed by atoms with van der Waals surface area (Å²) in [6.45, 7) is 9.51. The second kappa shape index (κ2) is 7.68. The Hall–Kier alpha value is -1.24. The molecule has 0 aromatic carbocycles. The Morgan fingerprint density at radius 1 is 1.38 bits per heavy atom. The third-order valence-electron chi connectivity index (χ3n) is 3.23. The molecule has 0 bridgehead atoms. The fourth-order valence-corrected chi connectivity index (χ4v) is 3.02. The van der Waals surface area contributed by atoms with Crippen LogP contribution in [0.2, 0.25) is 0 Å². The number of aromatic nitrogens is 3. The molecule has 0 fully saturated rings. The lowest BCUT2D eigenvalue weighted by molar-refractivity contribution is 0.0760. The normalized spacial score (nSPS) is 13.0. The van der Waals surface area contributed by atoms with Gasteiger partial charge in [0, 0.05) is 43.4 Å². The van der Waals surface area contributed by atoms with E-state index in [9.17, 15) is 0 Å². The Balaban J connectivity index is 1.88. The summed E-state index contributed by atoms with van der Waals surface area (Å²) in [7, 11) is 2.11. The monoisotopic (exact) mass is 308 g/mol. The molecule has 5 nitrogen and oxygen atoms in total. The second-order valence-electron chi connectivity index (χ2n) is 5.15. The highest BCUT2D eigenvalue weighted by Gasteiger charge is 2.12. The molecule has 0 amide bonds. The first-order valence-electron chi connectivity index (χ1n) is 7.38. The van der Waals surface area contributed by atoms with E-state index in [1.807, 2.05) is 17.8 Å². The zero-order chi connectivity index (χ0) is 15.2. The minimum absolute atomic E-state index is 0.0850. The van der Waals surface area contributed by atoms with Crippen LogP contribution < -0.4 is 0 Å². The number of nitrogens with zero attached hydrogens (tertiary/aromatic N) is 4. The number of hydrogen-bond donors (Lipinski definition) is 0. The van der Waals surface area contributed by atoms with Gasteiger partial charge in [0.05, 0.1) is 11.9 Å². The van der Waals surface area contributed by atoms with E-state index in [0.29, 0.717) is 0 Å². The van der Waals surface area contributed by atoms with E-state index >= 15 is 0 Å². The fraction of sp³-hybridized carbons (Fsp3) is 0.600. The fourth-order valence-electron chi connectivity index (χ4n) is 2.21. The molecule has 2 rings (SSSR count). The van der Waals surface area contributed by atoms with Crippen LogP contribution in [-0.2, 0) is 24.4 Å². The first-order valence-corrected chi connectivity index (χ1v) is 8.26. The summed E-state index contributed by atoms with van der Waals surface area (Å²) in [6.07, 6.45) is 4.12. The molecule has 1 atom stereocenters. The van der Waals surface area contributed by atoms with Crippen molar-refractivity contribution in [2.75, 3.05) is 13.7 Å². The number of aryl methyl sites for hydroxylation is 1. The number of thiazole rings is 1. The summed E-state index contributed by atoms with van der Waals surface area (Å²) in [5.41, 5.74) is 2.34. The van der Waals surface area contributed by atoms with Gasteiger partial charge in [-0.25, -0.2) is 4.98 Å². The van der Waals surface area contributed by atoms with Gasteiger partial charge >= 0.3 is 0 Å². The van der Waals surface area contributed by atoms with Gasteiger partial charge in [-0.2, -0.15) is 5.10 Å². The number of hydrogen-bond acceptors (Lipinski definition) is 5. The molecule has 2 aromatic heterocycles. The lowest BCUT2D eigenvalue weighted by Crippen LogP contribution is -2.17. The zero-order valence-corrected chi connectivity index (χ0v) is 14.1. The van der Waals surface area contributed by atoms with E-state index in [4.69, 9.17) is 4.74 Å². The van der Waals surface area contributed by atoms with Crippen LogP contribution in [0.5, 0.6) is 0 Å². The van der Waals surface area contributed by atoms with E-state index in [2.05, 4.69) is 47.5 Å². The van der Waals surface area contributed by atoms with E-state index in [-0.39, 0.29) is 6.10 Å². The molecular formula is C15H24N4OS. The van der Waals surface area contributed by atoms with Crippen molar-refractivity contribution in [3.8, 4) is 0 Å². The van der Waals surface area contributed by atoms with E-state index < -0.39 is 0 Å². The van der Waals surface area contributed by atoms with Crippen LogP contribution in [0.4, 0.5) is 0 Å². The Morgan fingerprint density at radius 3 is 2.86 bits per heavy atom. The molecule has 0 N–H and O–H groups in total. The molecule has 0 aliphatic carbocycles. The molecule has 0 radical (unpaired) electrons. The molecular weight excluding hydrogens is 284 g/mol. The molecule has 0 aliphatic heterocycles. The van der Waals surface area contributed by atoms with Crippen molar-refractivity contribution in [2.24, 2.45) is 0 Å². The van der Waals surface area contributed by atoms with Gasteiger partial charge in [-0.15, -0.1) is 11.3 Å². The average molecular weight is 308 g/mol. The molecule has 116 valence electrons. The van der Waals surface area contributed by atoms with Crippen LogP contribution in [0.1, 0.15) is 43.1 Å². The predicted molar refractivity (Wildman–Crippen MR) is 85.2 cm³/mol. The van der Waals surface area contributed by atoms with Crippen LogP contribution in [0.3, 0.4) is 0 Å². The third kappa shape index (κ3) is 4.62. The molecule has 6 heteroatoms. The van der Waals surface area contributed by atoms with Gasteiger partial charge in [-0.1, -0.05) is 0 Å². The predicted octanol–water partition coefficient (Wildman–Crippen LogP) is 3.09. The Labute approximate surface area is 130 Å². The van der Waals surface area contributed by atoms with Gasteiger partial charge in [0.2, 0.25) is 0 Å². The first kappa shape index (κ1) is 16.1. The van der Waals surface area contributed by atoms with Crippen molar-refractivity contribution in [3.05, 3.63) is 34.0 Å². The molecule has 1 unspecified atom stereocenters. The van der Waals surface area contributed by atoms with Crippen molar-refractivity contribution < 1.29 is 4.74 Å². The van der Waals surface area contributed by atoms with Crippen LogP contribution in [0.15, 0.2) is 17.8 Å². The molecule has 21 heavy (non-hydrogen) atoms. The van der Waals surface area contributed by atoms with Crippen LogP contribution in [0.25, 0.3) is 0 Å². The van der Waals surface area contributed by atoms with Crippen molar-refractivity contribution in [2.45, 2.75) is 46.5 Å². The molecule has 0 saturated heterocycles. The standard InChI is InChI=1S/C15H24N4OS/c1-5-19-9-13(7-16-19)8-18(4)10-14-11-21-15(17-14)12(3)20-6-2/h7,9,11-12H,5-6,8,10H2,1-4H3. The highest BCUT2D eigenvalue weighted by Crippen LogP contribution is 2.21. The molecule has 0 saturated carbocycles. The van der Waals surface area contributed by atoms with Gasteiger partial charge in [0.15, 0.2) is 0 Å². The number of rotatable bonds is 8. The van der Waals surface area contributed by atoms with Gasteiger partial charge in [0.1, 0.15) is 11.1 Å². The highest BCUT2D eigenvalue weighted by molar-refractivity contribution is 7.09. The maximum atomic E-state index is 5.58. The molecule has 2 aromatic rings. The van der Waals surface area contributed by atoms with Crippen molar-refractivity contribution in [3.63, 3.8) is 0 Å². The van der Waals surface area contributed by atoms with Gasteiger partial charge in [-0.3, -0.25) is 9.58 Å². The summed E-state index contributed by atoms with van der Waals surface area (Å²) >= 11 is 1.67. The average Bonchev–Trinajstić information content (AvgIpc) is 3.08. The van der Waals surface area contributed by atoms with Crippen molar-refractivity contribution in [1.82, 2.24) is 19.7 Å². The summed E-state index contributed by atoms with van der Waals surface area (Å²) in [5.74, 6) is 0. The smallest absolute Gasteiger partial charge is 0.122 e. The highest BCUT2D eigenvalue weighted by atomic mass is 32.1. The second-order valence-corrected chi connectivity index (χ2v) is 6.04. The quantitative estimate of drug-likeness (QED) is 0.751. The molecule has 2 heterocycles. The minimum atomic E-state index is 0.0850. The maximum absolute atomic E-state index is 5.58. The van der Waals surface area contributed by atoms with Crippen molar-refractivity contribution in [1.29, 1.82) is 0 Å². The van der Waals surface area contributed by atoms with Gasteiger partial charge in [0.25, 0.3) is 0 Å². The van der Waals surface area contributed by atoms with Crippen LogP contribution in [0, 0.1) is 0 Å². The van der Waals surface area contributed by atoms with E-state index in [0.717, 1.165) is 36.9 Å². The summed E-state index contributed by atoms with van der Waals surface area (Å²) in [4.78, 5) is 6.91. The minimum Gasteiger partial charge on any atom is -0.372 e. The largest absolute Gasteiger partial charge is 0.372 e. The molecule has 0 aliphatic rings. The summed E-state index contributed by atoms with van der Waals surface area (Å²) in [6, 6.07) is 0. The third-order valence-corrected chi connectivity index (χ3v) is 4.28. The van der Waals surface area contributed by atoms with Crippen LogP contribution in [-0.4, -0.2) is 33.3 Å².